The van der Waals surface area contributed by atoms with Gasteiger partial charge in [0.05, 0.1) is 13.0 Å². The van der Waals surface area contributed by atoms with E-state index in [2.05, 4.69) is 9.82 Å². The molecule has 1 saturated heterocycles. The second kappa shape index (κ2) is 9.72. The number of rotatable bonds is 7. The van der Waals surface area contributed by atoms with E-state index in [1.165, 1.54) is 12.3 Å². The Morgan fingerprint density at radius 3 is 2.62 bits per heavy atom. The van der Waals surface area contributed by atoms with Gasteiger partial charge < -0.3 is 11.1 Å². The van der Waals surface area contributed by atoms with Crippen molar-refractivity contribution in [3.63, 3.8) is 0 Å². The van der Waals surface area contributed by atoms with Crippen molar-refractivity contribution in [1.82, 2.24) is 20.7 Å². The van der Waals surface area contributed by atoms with Gasteiger partial charge in [-0.1, -0.05) is 19.3 Å². The van der Waals surface area contributed by atoms with Gasteiger partial charge in [-0.2, -0.15) is 0 Å². The fourth-order valence-electron chi connectivity index (χ4n) is 4.39. The Hall–Kier alpha value is -2.89. The fourth-order valence-corrected chi connectivity index (χ4v) is 4.39. The third-order valence-electron chi connectivity index (χ3n) is 6.02. The first kappa shape index (κ1) is 23.8. The van der Waals surface area contributed by atoms with Gasteiger partial charge in [-0.25, -0.2) is 28.4 Å². The maximum Gasteiger partial charge on any atom is 0.327 e. The summed E-state index contributed by atoms with van der Waals surface area (Å²) in [6.07, 6.45) is 0.281. The summed E-state index contributed by atoms with van der Waals surface area (Å²) >= 11 is 0. The highest BCUT2D eigenvalue weighted by Crippen LogP contribution is 2.39. The smallest absolute Gasteiger partial charge is 0.327 e. The fraction of sp³-hybridized carbons (Fsp3) is 0.600. The number of likely N-dealkylation sites (tertiary alicyclic amines) is 1. The van der Waals surface area contributed by atoms with Gasteiger partial charge in [0, 0.05) is 12.1 Å². The van der Waals surface area contributed by atoms with Crippen molar-refractivity contribution in [2.45, 2.75) is 56.8 Å². The van der Waals surface area contributed by atoms with Crippen LogP contribution in [0.4, 0.5) is 23.8 Å². The summed E-state index contributed by atoms with van der Waals surface area (Å²) in [5, 5.41) is 1.71. The molecule has 2 aliphatic rings. The summed E-state index contributed by atoms with van der Waals surface area (Å²) in [5.74, 6) is -6.81. The Labute approximate surface area is 182 Å². The van der Waals surface area contributed by atoms with Gasteiger partial charge in [0.1, 0.15) is 11.9 Å². The van der Waals surface area contributed by atoms with Crippen LogP contribution in [-0.2, 0) is 20.8 Å². The molecule has 9 nitrogen and oxygen atoms in total. The van der Waals surface area contributed by atoms with E-state index in [-0.39, 0.29) is 25.1 Å². The van der Waals surface area contributed by atoms with E-state index in [9.17, 15) is 23.2 Å². The highest BCUT2D eigenvalue weighted by atomic mass is 19.3. The molecule has 1 aromatic heterocycles. The minimum atomic E-state index is -3.49. The molecular weight excluding hydrogens is 431 g/mol. The number of nitrogen functional groups attached to an aromatic ring is 1. The number of aromatic nitrogens is 1. The average molecular weight is 457 g/mol. The Balaban J connectivity index is 1.80. The van der Waals surface area contributed by atoms with E-state index in [1.54, 1.807) is 11.4 Å². The third kappa shape index (κ3) is 4.64. The molecule has 1 aromatic rings. The third-order valence-corrected chi connectivity index (χ3v) is 6.02. The van der Waals surface area contributed by atoms with Crippen LogP contribution >= 0.6 is 0 Å². The van der Waals surface area contributed by atoms with E-state index in [0.717, 1.165) is 13.5 Å². The molecule has 4 amide bonds. The number of amides is 4. The van der Waals surface area contributed by atoms with Crippen LogP contribution < -0.4 is 16.5 Å². The van der Waals surface area contributed by atoms with E-state index >= 15 is 4.39 Å². The highest BCUT2D eigenvalue weighted by molar-refractivity contribution is 6.09. The number of hydrogen-bond donors (Lipinski definition) is 3. The van der Waals surface area contributed by atoms with Gasteiger partial charge >= 0.3 is 6.03 Å². The molecule has 0 aromatic carbocycles. The number of alkyl halides is 3. The molecule has 1 saturated carbocycles. The first-order valence-corrected chi connectivity index (χ1v) is 10.3. The van der Waals surface area contributed by atoms with Crippen molar-refractivity contribution in [3.05, 3.63) is 23.9 Å². The van der Waals surface area contributed by atoms with Crippen molar-refractivity contribution in [3.8, 4) is 0 Å². The topological polar surface area (TPSA) is 127 Å². The molecule has 32 heavy (non-hydrogen) atoms. The lowest BCUT2D eigenvalue weighted by Crippen LogP contribution is -2.72. The van der Waals surface area contributed by atoms with E-state index in [0.29, 0.717) is 23.3 Å². The standard InChI is InChI=1S/C20H26F3N5O4/c1-32-27-16(29)15-13(9-11-7-8-25-14(24)10-11)17(30)28(15)19(31)26-20(23,18(21)22)12-5-3-2-4-6-12/h7-8,10,12-13,15,18H,2-6,9H2,1H3,(H2,24,25)(H,26,31)(H,27,29)/t13-,15+,20?/m1/s1. The molecule has 3 rings (SSSR count). The van der Waals surface area contributed by atoms with Crippen molar-refractivity contribution >= 4 is 23.7 Å². The average Bonchev–Trinajstić information content (AvgIpc) is 2.76. The number of hydroxylamine groups is 1. The van der Waals surface area contributed by atoms with Crippen molar-refractivity contribution < 1.29 is 32.4 Å². The molecule has 1 aliphatic heterocycles. The van der Waals surface area contributed by atoms with Crippen LogP contribution in [0.3, 0.4) is 0 Å². The lowest BCUT2D eigenvalue weighted by molar-refractivity contribution is -0.163. The number of nitrogens with two attached hydrogens (primary N) is 1. The Morgan fingerprint density at radius 1 is 1.34 bits per heavy atom. The number of urea groups is 1. The molecule has 4 N–H and O–H groups in total. The van der Waals surface area contributed by atoms with E-state index in [1.807, 2.05) is 5.48 Å². The maximum atomic E-state index is 15.3. The zero-order valence-electron chi connectivity index (χ0n) is 17.5. The molecule has 2 heterocycles. The first-order valence-electron chi connectivity index (χ1n) is 10.3. The lowest BCUT2D eigenvalue weighted by Gasteiger charge is -2.45. The van der Waals surface area contributed by atoms with Gasteiger partial charge in [0.2, 0.25) is 11.7 Å². The summed E-state index contributed by atoms with van der Waals surface area (Å²) in [7, 11) is 1.16. The number of nitrogens with zero attached hydrogens (tertiary/aromatic N) is 2. The highest BCUT2D eigenvalue weighted by Gasteiger charge is 2.57. The van der Waals surface area contributed by atoms with Gasteiger partial charge in [0.15, 0.2) is 0 Å². The van der Waals surface area contributed by atoms with Gasteiger partial charge in [-0.05, 0) is 37.0 Å². The van der Waals surface area contributed by atoms with Crippen LogP contribution in [0.25, 0.3) is 0 Å². The quantitative estimate of drug-likeness (QED) is 0.326. The van der Waals surface area contributed by atoms with E-state index < -0.39 is 47.9 Å². The number of halogens is 3. The molecule has 0 radical (unpaired) electrons. The number of pyridine rings is 1. The number of carbonyl (C=O) groups is 3. The monoisotopic (exact) mass is 457 g/mol. The summed E-state index contributed by atoms with van der Waals surface area (Å²) in [4.78, 5) is 46.8. The summed E-state index contributed by atoms with van der Waals surface area (Å²) in [6.45, 7) is 0. The zero-order valence-corrected chi connectivity index (χ0v) is 17.5. The minimum absolute atomic E-state index is 0.0371. The molecule has 1 unspecified atom stereocenters. The van der Waals surface area contributed by atoms with Crippen LogP contribution in [0.2, 0.25) is 0 Å². The molecule has 12 heteroatoms. The Kier molecular flexibility index (Phi) is 7.22. The Bertz CT molecular complexity index is 867. The number of anilines is 1. The van der Waals surface area contributed by atoms with Crippen molar-refractivity contribution in [1.29, 1.82) is 0 Å². The zero-order chi connectivity index (χ0) is 23.5. The van der Waals surface area contributed by atoms with Crippen LogP contribution in [-0.4, -0.2) is 53.1 Å². The number of hydrogen-bond acceptors (Lipinski definition) is 6. The van der Waals surface area contributed by atoms with Crippen molar-refractivity contribution in [2.75, 3.05) is 12.8 Å². The predicted molar refractivity (Wildman–Crippen MR) is 107 cm³/mol. The maximum absolute atomic E-state index is 15.3. The second-order valence-electron chi connectivity index (χ2n) is 8.06. The van der Waals surface area contributed by atoms with Crippen molar-refractivity contribution in [2.24, 2.45) is 11.8 Å². The van der Waals surface area contributed by atoms with Gasteiger partial charge in [0.25, 0.3) is 12.3 Å². The van der Waals surface area contributed by atoms with E-state index in [4.69, 9.17) is 5.73 Å². The number of imide groups is 1. The molecule has 176 valence electrons. The summed E-state index contributed by atoms with van der Waals surface area (Å²) in [6, 6.07) is 0.341. The number of nitrogens with one attached hydrogen (secondary N) is 2. The predicted octanol–water partition coefficient (Wildman–Crippen LogP) is 1.93. The second-order valence-corrected chi connectivity index (χ2v) is 8.06. The largest absolute Gasteiger partial charge is 0.384 e. The molecule has 1 aliphatic carbocycles. The molecule has 3 atom stereocenters. The van der Waals surface area contributed by atoms with Crippen LogP contribution in [0.1, 0.15) is 37.7 Å². The SMILES string of the molecule is CONC(=O)[C@@H]1[C@@H](Cc2ccnc(N)c2)C(=O)N1C(=O)NC(F)(C(F)F)C1CCCCC1. The Morgan fingerprint density at radius 2 is 2.03 bits per heavy atom. The van der Waals surface area contributed by atoms with Gasteiger partial charge in [-0.3, -0.25) is 19.3 Å². The normalized spacial score (nSPS) is 23.4. The van der Waals surface area contributed by atoms with Crippen LogP contribution in [0.5, 0.6) is 0 Å². The van der Waals surface area contributed by atoms with Gasteiger partial charge in [-0.15, -0.1) is 0 Å². The first-order chi connectivity index (χ1) is 15.2. The van der Waals surface area contributed by atoms with Crippen LogP contribution in [0, 0.1) is 11.8 Å². The number of carbonyl (C=O) groups excluding carboxylic acids is 3. The minimum Gasteiger partial charge on any atom is -0.384 e. The molecular formula is C20H26F3N5O4. The molecule has 0 bridgehead atoms. The van der Waals surface area contributed by atoms with Crippen LogP contribution in [0.15, 0.2) is 18.3 Å². The summed E-state index contributed by atoms with van der Waals surface area (Å²) in [5.41, 5.74) is 8.25. The molecule has 0 spiro atoms. The molecule has 2 fully saturated rings. The lowest BCUT2D eigenvalue weighted by atomic mass is 9.81. The number of β-lactam (4-membered cyclic amide) rings is 1. The summed E-state index contributed by atoms with van der Waals surface area (Å²) < 4.78 is 42.7.